The highest BCUT2D eigenvalue weighted by Gasteiger charge is 2.08. The third-order valence-electron chi connectivity index (χ3n) is 2.59. The van der Waals surface area contributed by atoms with Gasteiger partial charge in [-0.05, 0) is 46.3 Å². The van der Waals surface area contributed by atoms with Gasteiger partial charge in [-0.3, -0.25) is 4.79 Å². The number of amides is 1. The highest BCUT2D eigenvalue weighted by atomic mass is 79.9. The molecule has 0 aliphatic carbocycles. The molecular formula is C14H13BrN2O2. The van der Waals surface area contributed by atoms with Crippen LogP contribution in [0.4, 0.5) is 11.4 Å². The first-order valence-electron chi connectivity index (χ1n) is 5.60. The van der Waals surface area contributed by atoms with E-state index in [1.165, 1.54) is 0 Å². The van der Waals surface area contributed by atoms with E-state index in [4.69, 9.17) is 10.5 Å². The molecule has 0 spiro atoms. The summed E-state index contributed by atoms with van der Waals surface area (Å²) in [5, 5.41) is 2.80. The van der Waals surface area contributed by atoms with Gasteiger partial charge < -0.3 is 15.8 Å². The maximum absolute atomic E-state index is 12.1. The van der Waals surface area contributed by atoms with Gasteiger partial charge in [-0.15, -0.1) is 0 Å². The fourth-order valence-electron chi connectivity index (χ4n) is 1.57. The number of rotatable bonds is 3. The average Bonchev–Trinajstić information content (AvgIpc) is 2.42. The molecule has 0 aliphatic rings. The minimum Gasteiger partial charge on any atom is -0.497 e. The molecule has 0 aromatic heterocycles. The molecule has 0 unspecified atom stereocenters. The Morgan fingerprint density at radius 1 is 1.26 bits per heavy atom. The molecule has 0 radical (unpaired) electrons. The van der Waals surface area contributed by atoms with Crippen molar-refractivity contribution in [3.8, 4) is 5.75 Å². The number of ether oxygens (including phenoxy) is 1. The molecule has 0 saturated carbocycles. The van der Waals surface area contributed by atoms with Crippen LogP contribution in [0.3, 0.4) is 0 Å². The topological polar surface area (TPSA) is 64.3 Å². The third kappa shape index (κ3) is 3.26. The molecule has 98 valence electrons. The number of hydrogen-bond acceptors (Lipinski definition) is 3. The molecule has 3 N–H and O–H groups in total. The van der Waals surface area contributed by atoms with E-state index in [-0.39, 0.29) is 5.91 Å². The summed E-state index contributed by atoms with van der Waals surface area (Å²) in [6.45, 7) is 0. The number of hydrogen-bond donors (Lipinski definition) is 2. The molecule has 0 fully saturated rings. The maximum Gasteiger partial charge on any atom is 0.255 e. The van der Waals surface area contributed by atoms with Crippen molar-refractivity contribution in [2.45, 2.75) is 0 Å². The van der Waals surface area contributed by atoms with E-state index in [2.05, 4.69) is 21.2 Å². The van der Waals surface area contributed by atoms with Gasteiger partial charge in [0.15, 0.2) is 0 Å². The Balaban J connectivity index is 2.18. The van der Waals surface area contributed by atoms with Gasteiger partial charge in [0, 0.05) is 27.5 Å². The average molecular weight is 321 g/mol. The number of nitrogens with one attached hydrogen (secondary N) is 1. The van der Waals surface area contributed by atoms with E-state index < -0.39 is 0 Å². The highest BCUT2D eigenvalue weighted by molar-refractivity contribution is 9.10. The van der Waals surface area contributed by atoms with Crippen molar-refractivity contribution in [1.29, 1.82) is 0 Å². The van der Waals surface area contributed by atoms with E-state index >= 15 is 0 Å². The van der Waals surface area contributed by atoms with Crippen LogP contribution in [0.25, 0.3) is 0 Å². The van der Waals surface area contributed by atoms with E-state index in [9.17, 15) is 4.79 Å². The van der Waals surface area contributed by atoms with Crippen LogP contribution in [0.5, 0.6) is 5.75 Å². The number of methoxy groups -OCH3 is 1. The Morgan fingerprint density at radius 2 is 2.05 bits per heavy atom. The summed E-state index contributed by atoms with van der Waals surface area (Å²) in [6.07, 6.45) is 0. The lowest BCUT2D eigenvalue weighted by atomic mass is 10.2. The van der Waals surface area contributed by atoms with Crippen molar-refractivity contribution in [3.63, 3.8) is 0 Å². The number of anilines is 2. The molecule has 2 aromatic carbocycles. The second-order valence-electron chi connectivity index (χ2n) is 3.92. The van der Waals surface area contributed by atoms with Gasteiger partial charge in [0.25, 0.3) is 5.91 Å². The number of halogens is 1. The maximum atomic E-state index is 12.1. The van der Waals surface area contributed by atoms with Crippen LogP contribution in [0, 0.1) is 0 Å². The van der Waals surface area contributed by atoms with Crippen LogP contribution < -0.4 is 15.8 Å². The Bertz CT molecular complexity index is 614. The lowest BCUT2D eigenvalue weighted by Crippen LogP contribution is -2.12. The van der Waals surface area contributed by atoms with Crippen LogP contribution in [0.1, 0.15) is 10.4 Å². The van der Waals surface area contributed by atoms with Gasteiger partial charge in [0.1, 0.15) is 5.75 Å². The standard InChI is InChI=1S/C14H13BrN2O2/c1-19-11-4-2-3-10(8-11)17-14(18)9-5-6-13(16)12(15)7-9/h2-8H,16H2,1H3,(H,17,18). The van der Waals surface area contributed by atoms with Gasteiger partial charge in [-0.2, -0.15) is 0 Å². The second kappa shape index (κ2) is 5.75. The highest BCUT2D eigenvalue weighted by Crippen LogP contribution is 2.22. The Labute approximate surface area is 119 Å². The first-order valence-corrected chi connectivity index (χ1v) is 6.40. The first-order chi connectivity index (χ1) is 9.10. The zero-order valence-electron chi connectivity index (χ0n) is 10.3. The summed E-state index contributed by atoms with van der Waals surface area (Å²) in [4.78, 5) is 12.1. The Kier molecular flexibility index (Phi) is 4.06. The van der Waals surface area contributed by atoms with Crippen LogP contribution >= 0.6 is 15.9 Å². The summed E-state index contributed by atoms with van der Waals surface area (Å²) < 4.78 is 5.80. The number of nitrogen functional groups attached to an aromatic ring is 1. The van der Waals surface area contributed by atoms with Crippen molar-refractivity contribution in [2.75, 3.05) is 18.2 Å². The molecule has 0 aliphatic heterocycles. The van der Waals surface area contributed by atoms with E-state index in [1.807, 2.05) is 12.1 Å². The monoisotopic (exact) mass is 320 g/mol. The van der Waals surface area contributed by atoms with Crippen LogP contribution in [-0.2, 0) is 0 Å². The molecule has 0 heterocycles. The lowest BCUT2D eigenvalue weighted by molar-refractivity contribution is 0.102. The van der Waals surface area contributed by atoms with Crippen LogP contribution in [0.2, 0.25) is 0 Å². The molecule has 5 heteroatoms. The predicted octanol–water partition coefficient (Wildman–Crippen LogP) is 3.29. The minimum atomic E-state index is -0.200. The molecular weight excluding hydrogens is 308 g/mol. The van der Waals surface area contributed by atoms with Crippen molar-refractivity contribution in [3.05, 3.63) is 52.5 Å². The molecule has 2 aromatic rings. The second-order valence-corrected chi connectivity index (χ2v) is 4.78. The summed E-state index contributed by atoms with van der Waals surface area (Å²) in [5.41, 5.74) is 7.49. The number of benzene rings is 2. The van der Waals surface area contributed by atoms with E-state index in [1.54, 1.807) is 37.4 Å². The first kappa shape index (κ1) is 13.4. The molecule has 0 bridgehead atoms. The van der Waals surface area contributed by atoms with Gasteiger partial charge in [-0.1, -0.05) is 6.07 Å². The Morgan fingerprint density at radius 3 is 2.74 bits per heavy atom. The molecule has 1 amide bonds. The van der Waals surface area contributed by atoms with Gasteiger partial charge in [0.05, 0.1) is 7.11 Å². The van der Waals surface area contributed by atoms with Gasteiger partial charge in [-0.25, -0.2) is 0 Å². The summed E-state index contributed by atoms with van der Waals surface area (Å²) in [7, 11) is 1.58. The fourth-order valence-corrected chi connectivity index (χ4v) is 1.95. The SMILES string of the molecule is COc1cccc(NC(=O)c2ccc(N)c(Br)c2)c1. The van der Waals surface area contributed by atoms with Crippen LogP contribution in [-0.4, -0.2) is 13.0 Å². The summed E-state index contributed by atoms with van der Waals surface area (Å²) >= 11 is 3.30. The van der Waals surface area contributed by atoms with E-state index in [0.29, 0.717) is 27.2 Å². The zero-order chi connectivity index (χ0) is 13.8. The molecule has 0 atom stereocenters. The largest absolute Gasteiger partial charge is 0.497 e. The molecule has 2 rings (SSSR count). The smallest absolute Gasteiger partial charge is 0.255 e. The van der Waals surface area contributed by atoms with E-state index in [0.717, 1.165) is 0 Å². The Hall–Kier alpha value is -2.01. The molecule has 0 saturated heterocycles. The van der Waals surface area contributed by atoms with Crippen molar-refractivity contribution in [2.24, 2.45) is 0 Å². The normalized spacial score (nSPS) is 10.0. The zero-order valence-corrected chi connectivity index (χ0v) is 11.9. The lowest BCUT2D eigenvalue weighted by Gasteiger charge is -2.08. The quantitative estimate of drug-likeness (QED) is 0.853. The number of carbonyl (C=O) groups excluding carboxylic acids is 1. The van der Waals surface area contributed by atoms with Gasteiger partial charge >= 0.3 is 0 Å². The molecule has 19 heavy (non-hydrogen) atoms. The fraction of sp³-hybridized carbons (Fsp3) is 0.0714. The molecule has 4 nitrogen and oxygen atoms in total. The van der Waals surface area contributed by atoms with Crippen molar-refractivity contribution in [1.82, 2.24) is 0 Å². The summed E-state index contributed by atoms with van der Waals surface area (Å²) in [6, 6.07) is 12.2. The number of carbonyl (C=O) groups is 1. The number of nitrogens with two attached hydrogens (primary N) is 1. The van der Waals surface area contributed by atoms with Crippen LogP contribution in [0.15, 0.2) is 46.9 Å². The minimum absolute atomic E-state index is 0.200. The third-order valence-corrected chi connectivity index (χ3v) is 3.28. The summed E-state index contributed by atoms with van der Waals surface area (Å²) in [5.74, 6) is 0.491. The van der Waals surface area contributed by atoms with Crippen molar-refractivity contribution >= 4 is 33.2 Å². The predicted molar refractivity (Wildman–Crippen MR) is 79.5 cm³/mol. The van der Waals surface area contributed by atoms with Crippen molar-refractivity contribution < 1.29 is 9.53 Å². The van der Waals surface area contributed by atoms with Gasteiger partial charge in [0.2, 0.25) is 0 Å².